The van der Waals surface area contributed by atoms with Gasteiger partial charge in [0.2, 0.25) is 0 Å². The molecule has 12 nitrogen and oxygen atoms in total. The predicted molar refractivity (Wildman–Crippen MR) is 51.7 cm³/mol. The highest BCUT2D eigenvalue weighted by molar-refractivity contribution is 7.45. The van der Waals surface area contributed by atoms with E-state index in [-0.39, 0.29) is 66.9 Å². The van der Waals surface area contributed by atoms with Gasteiger partial charge in [-0.25, -0.2) is 4.57 Å². The molecular weight excluding hydrogens is 247 g/mol. The van der Waals surface area contributed by atoms with Crippen molar-refractivity contribution in [3.63, 3.8) is 0 Å². The highest BCUT2D eigenvalue weighted by Crippen LogP contribution is 2.25. The van der Waals surface area contributed by atoms with E-state index in [2.05, 4.69) is 0 Å². The van der Waals surface area contributed by atoms with Crippen molar-refractivity contribution in [2.45, 2.75) is 0 Å². The van der Waals surface area contributed by atoms with Crippen LogP contribution >= 0.6 is 7.82 Å². The molecule has 0 spiro atoms. The quantitative estimate of drug-likeness (QED) is 0.284. The Hall–Kier alpha value is 0.556. The second kappa shape index (κ2) is 49.7. The van der Waals surface area contributed by atoms with Crippen LogP contribution in [0.5, 0.6) is 0 Å². The van der Waals surface area contributed by atoms with Gasteiger partial charge in [-0.1, -0.05) is 0 Å². The van der Waals surface area contributed by atoms with Crippen LogP contribution in [0.3, 0.4) is 0 Å². The van der Waals surface area contributed by atoms with Crippen LogP contribution < -0.4 is 0 Å². The Kier molecular flexibility index (Phi) is 458. The third-order valence-electron chi connectivity index (χ3n) is 0. The van der Waals surface area contributed by atoms with E-state index in [1.54, 1.807) is 0 Å². The summed E-state index contributed by atoms with van der Waals surface area (Å²) in [7, 11) is -4.64. The molecule has 0 heterocycles. The van der Waals surface area contributed by atoms with Gasteiger partial charge in [0, 0.05) is 0 Å². The van der Waals surface area contributed by atoms with Gasteiger partial charge in [0.15, 0.2) is 0 Å². The van der Waals surface area contributed by atoms with Crippen LogP contribution in [0.2, 0.25) is 0 Å². The minimum absolute atomic E-state index is 0. The average Bonchev–Trinajstić information content (AvgIpc) is 0.722. The Morgan fingerprint density at radius 3 is 0.571 bits per heavy atom. The first-order chi connectivity index (χ1) is 2.00. The third-order valence-corrected chi connectivity index (χ3v) is 0. The lowest BCUT2D eigenvalue weighted by Gasteiger charge is -1.82. The molecule has 0 unspecified atom stereocenters. The van der Waals surface area contributed by atoms with Crippen LogP contribution in [-0.4, -0.2) is 81.5 Å². The Labute approximate surface area is 94.4 Å². The number of hydrogen-bond donors (Lipinski definition) is 3. The minimum Gasteiger partial charge on any atom is -0.412 e. The maximum Gasteiger partial charge on any atom is 0.466 e. The fourth-order valence-electron chi connectivity index (χ4n) is 0. The van der Waals surface area contributed by atoms with Gasteiger partial charge in [-0.3, -0.25) is 0 Å². The summed E-state index contributed by atoms with van der Waals surface area (Å²) in [4.78, 5) is 21.6. The fraction of sp³-hybridized carbons (Fsp3) is 0. The molecule has 0 aromatic rings. The maximum absolute atomic E-state index is 8.88. The second-order valence-electron chi connectivity index (χ2n) is 0.513. The molecule has 0 aromatic carbocycles. The zero-order chi connectivity index (χ0) is 4.50. The van der Waals surface area contributed by atoms with Crippen LogP contribution in [-0.2, 0) is 4.57 Å². The highest BCUT2D eigenvalue weighted by atomic mass is 31.2. The van der Waals surface area contributed by atoms with E-state index < -0.39 is 7.82 Å². The van der Waals surface area contributed by atoms with Crippen LogP contribution in [0.1, 0.15) is 0 Å². The molecule has 14 heavy (non-hydrogen) atoms. The summed E-state index contributed by atoms with van der Waals surface area (Å²) in [5.41, 5.74) is 0. The van der Waals surface area contributed by atoms with Crippen LogP contribution in [0.15, 0.2) is 0 Å². The van der Waals surface area contributed by atoms with Crippen LogP contribution in [0, 0.1) is 0 Å². The predicted octanol–water partition coefficient (Wildman–Crippen LogP) is -8.44. The lowest BCUT2D eigenvalue weighted by molar-refractivity contribution is 0.275. The highest BCUT2D eigenvalue weighted by Gasteiger charge is 2.00. The summed E-state index contributed by atoms with van der Waals surface area (Å²) in [6.07, 6.45) is 0. The minimum atomic E-state index is -4.64. The standard InChI is InChI=1S/Mg.H3O4P.8H2O.2H/c;1-5(2,3)4;;;;;;;;;;/h;(H3,1,2,3,4);8*1H2;;. The molecule has 0 atom stereocenters. The van der Waals surface area contributed by atoms with Gasteiger partial charge in [-0.15, -0.1) is 0 Å². The molecule has 0 aliphatic rings. The molecular formula is H21MgO12P. The number of rotatable bonds is 0. The van der Waals surface area contributed by atoms with Crippen molar-refractivity contribution in [3.05, 3.63) is 0 Å². The molecule has 0 saturated carbocycles. The molecule has 0 aliphatic carbocycles. The van der Waals surface area contributed by atoms with Gasteiger partial charge >= 0.3 is 30.9 Å². The molecule has 14 heteroatoms. The Morgan fingerprint density at radius 2 is 0.571 bits per heavy atom. The first kappa shape index (κ1) is 129. The smallest absolute Gasteiger partial charge is 0.412 e. The van der Waals surface area contributed by atoms with Crippen molar-refractivity contribution in [3.8, 4) is 0 Å². The molecule has 0 rings (SSSR count). The lowest BCUT2D eigenvalue weighted by atomic mass is 15.8. The van der Waals surface area contributed by atoms with Crippen molar-refractivity contribution >= 4 is 30.9 Å². The monoisotopic (exact) mass is 268 g/mol. The Morgan fingerprint density at radius 1 is 0.571 bits per heavy atom. The van der Waals surface area contributed by atoms with Crippen molar-refractivity contribution < 1.29 is 63.1 Å². The van der Waals surface area contributed by atoms with Crippen LogP contribution in [0.4, 0.5) is 0 Å². The van der Waals surface area contributed by atoms with E-state index in [1.165, 1.54) is 0 Å². The van der Waals surface area contributed by atoms with Gasteiger partial charge in [0.1, 0.15) is 0 Å². The molecule has 0 aliphatic heterocycles. The van der Waals surface area contributed by atoms with Crippen molar-refractivity contribution in [1.82, 2.24) is 0 Å². The molecule has 19 N–H and O–H groups in total. The molecule has 0 fully saturated rings. The summed E-state index contributed by atoms with van der Waals surface area (Å²) in [5.74, 6) is 0. The van der Waals surface area contributed by atoms with Gasteiger partial charge < -0.3 is 58.5 Å². The summed E-state index contributed by atoms with van der Waals surface area (Å²) in [6.45, 7) is 0. The summed E-state index contributed by atoms with van der Waals surface area (Å²) in [5, 5.41) is 0. The first-order valence-corrected chi connectivity index (χ1v) is 2.35. The molecule has 100 valence electrons. The molecule has 0 radical (unpaired) electrons. The maximum atomic E-state index is 8.88. The number of hydrogen-bond acceptors (Lipinski definition) is 1. The van der Waals surface area contributed by atoms with Gasteiger partial charge in [0.05, 0.1) is 0 Å². The third kappa shape index (κ3) is 5420. The first-order valence-electron chi connectivity index (χ1n) is 0.783. The molecule has 0 saturated heterocycles. The molecule has 0 aromatic heterocycles. The SMILES string of the molecule is O.O.O.O.O.O.O.O.O=P(O)(O)O.[MgH2]. The van der Waals surface area contributed by atoms with Crippen molar-refractivity contribution in [2.24, 2.45) is 0 Å². The normalized spacial score (nSPS) is 4.21. The van der Waals surface area contributed by atoms with E-state index in [9.17, 15) is 0 Å². The van der Waals surface area contributed by atoms with Gasteiger partial charge in [0.25, 0.3) is 0 Å². The molecule has 0 bridgehead atoms. The van der Waals surface area contributed by atoms with Gasteiger partial charge in [-0.05, 0) is 0 Å². The zero-order valence-corrected chi connectivity index (χ0v) is 7.09. The Bertz CT molecular complexity index is 56.5. The average molecular weight is 268 g/mol. The van der Waals surface area contributed by atoms with Gasteiger partial charge in [-0.2, -0.15) is 0 Å². The summed E-state index contributed by atoms with van der Waals surface area (Å²) >= 11 is 0. The van der Waals surface area contributed by atoms with E-state index in [1.807, 2.05) is 0 Å². The second-order valence-corrected chi connectivity index (χ2v) is 1.54. The topological polar surface area (TPSA) is 330 Å². The van der Waals surface area contributed by atoms with E-state index in [4.69, 9.17) is 19.2 Å². The summed E-state index contributed by atoms with van der Waals surface area (Å²) in [6, 6.07) is 0. The largest absolute Gasteiger partial charge is 0.466 e. The van der Waals surface area contributed by atoms with E-state index in [0.29, 0.717) is 0 Å². The van der Waals surface area contributed by atoms with E-state index in [0.717, 1.165) is 0 Å². The Balaban J connectivity index is -0.00000000222. The van der Waals surface area contributed by atoms with Crippen molar-refractivity contribution in [1.29, 1.82) is 0 Å². The van der Waals surface area contributed by atoms with Crippen molar-refractivity contribution in [2.75, 3.05) is 0 Å². The zero-order valence-electron chi connectivity index (χ0n) is 6.20. The lowest BCUT2D eigenvalue weighted by Crippen LogP contribution is -1.66. The fourth-order valence-corrected chi connectivity index (χ4v) is 0. The molecule has 0 amide bonds. The number of phosphoric acid groups is 1. The van der Waals surface area contributed by atoms with E-state index >= 15 is 0 Å². The van der Waals surface area contributed by atoms with Crippen LogP contribution in [0.25, 0.3) is 0 Å². The summed E-state index contributed by atoms with van der Waals surface area (Å²) < 4.78 is 8.88.